The molecule has 0 aliphatic rings. The van der Waals surface area contributed by atoms with E-state index >= 15 is 0 Å². The zero-order chi connectivity index (χ0) is 12.6. The first kappa shape index (κ1) is 12.4. The summed E-state index contributed by atoms with van der Waals surface area (Å²) in [6.45, 7) is 3.91. The molecule has 17 heavy (non-hydrogen) atoms. The highest BCUT2D eigenvalue weighted by atomic mass is 79.9. The highest BCUT2D eigenvalue weighted by Crippen LogP contribution is 2.29. The number of nitrogens with one attached hydrogen (secondary N) is 1. The van der Waals surface area contributed by atoms with Crippen LogP contribution in [0.4, 0.5) is 0 Å². The number of pyridine rings is 1. The lowest BCUT2D eigenvalue weighted by Crippen LogP contribution is -2.05. The van der Waals surface area contributed by atoms with Crippen LogP contribution in [0.15, 0.2) is 10.5 Å². The van der Waals surface area contributed by atoms with E-state index in [0.717, 1.165) is 5.69 Å². The quantitative estimate of drug-likeness (QED) is 0.681. The molecule has 90 valence electrons. The van der Waals surface area contributed by atoms with Crippen LogP contribution in [0.5, 0.6) is 0 Å². The molecular weight excluding hydrogens is 307 g/mol. The maximum Gasteiger partial charge on any atom is 0.340 e. The number of carbonyl (C=O) groups is 1. The SMILES string of the molecule is CCOC(=O)c1c(C)[nH]c2nc(Cl)c(Br)cc12. The van der Waals surface area contributed by atoms with Gasteiger partial charge in [-0.2, -0.15) is 0 Å². The summed E-state index contributed by atoms with van der Waals surface area (Å²) in [5, 5.41) is 1.06. The van der Waals surface area contributed by atoms with Gasteiger partial charge >= 0.3 is 5.97 Å². The maximum absolute atomic E-state index is 11.8. The second-order valence-electron chi connectivity index (χ2n) is 3.50. The summed E-state index contributed by atoms with van der Waals surface area (Å²) in [5.41, 5.74) is 1.81. The van der Waals surface area contributed by atoms with E-state index in [2.05, 4.69) is 25.9 Å². The molecule has 0 saturated carbocycles. The van der Waals surface area contributed by atoms with Crippen LogP contribution in [-0.4, -0.2) is 22.5 Å². The summed E-state index contributed by atoms with van der Waals surface area (Å²) < 4.78 is 5.66. The molecule has 2 aromatic rings. The van der Waals surface area contributed by atoms with Gasteiger partial charge in [0.25, 0.3) is 0 Å². The van der Waals surface area contributed by atoms with Crippen LogP contribution in [0.1, 0.15) is 23.0 Å². The van der Waals surface area contributed by atoms with Crippen molar-refractivity contribution >= 4 is 44.5 Å². The van der Waals surface area contributed by atoms with Crippen molar-refractivity contribution in [1.82, 2.24) is 9.97 Å². The molecule has 2 aromatic heterocycles. The lowest BCUT2D eigenvalue weighted by atomic mass is 10.2. The third-order valence-corrected chi connectivity index (χ3v) is 3.48. The van der Waals surface area contributed by atoms with Gasteiger partial charge in [0.05, 0.1) is 16.6 Å². The molecule has 2 heterocycles. The predicted molar refractivity (Wildman–Crippen MR) is 69.5 cm³/mol. The fourth-order valence-corrected chi connectivity index (χ4v) is 2.12. The van der Waals surface area contributed by atoms with E-state index in [1.807, 2.05) is 0 Å². The highest BCUT2D eigenvalue weighted by molar-refractivity contribution is 9.10. The Morgan fingerprint density at radius 1 is 1.65 bits per heavy atom. The second-order valence-corrected chi connectivity index (χ2v) is 4.71. The Morgan fingerprint density at radius 3 is 3.00 bits per heavy atom. The maximum atomic E-state index is 11.8. The molecule has 0 spiro atoms. The Kier molecular flexibility index (Phi) is 3.40. The van der Waals surface area contributed by atoms with Crippen molar-refractivity contribution in [3.63, 3.8) is 0 Å². The molecular formula is C11H10BrClN2O2. The zero-order valence-corrected chi connectivity index (χ0v) is 11.6. The van der Waals surface area contributed by atoms with Gasteiger partial charge in [-0.1, -0.05) is 11.6 Å². The third kappa shape index (κ3) is 2.17. The van der Waals surface area contributed by atoms with Gasteiger partial charge in [0.15, 0.2) is 0 Å². The smallest absolute Gasteiger partial charge is 0.340 e. The van der Waals surface area contributed by atoms with Crippen LogP contribution in [-0.2, 0) is 4.74 Å². The summed E-state index contributed by atoms with van der Waals surface area (Å²) in [4.78, 5) is 19.0. The van der Waals surface area contributed by atoms with Crippen molar-refractivity contribution in [2.75, 3.05) is 6.61 Å². The van der Waals surface area contributed by atoms with E-state index in [1.165, 1.54) is 0 Å². The Morgan fingerprint density at radius 2 is 2.35 bits per heavy atom. The number of aromatic amines is 1. The van der Waals surface area contributed by atoms with Crippen molar-refractivity contribution in [3.05, 3.63) is 26.9 Å². The Hall–Kier alpha value is -1.07. The molecule has 6 heteroatoms. The molecule has 0 atom stereocenters. The van der Waals surface area contributed by atoms with Gasteiger partial charge in [-0.15, -0.1) is 0 Å². The van der Waals surface area contributed by atoms with E-state index in [0.29, 0.717) is 32.8 Å². The molecule has 0 amide bonds. The Labute approximate surface area is 111 Å². The van der Waals surface area contributed by atoms with Crippen LogP contribution in [0.25, 0.3) is 11.0 Å². The number of rotatable bonds is 2. The average molecular weight is 318 g/mol. The summed E-state index contributed by atoms with van der Waals surface area (Å²) in [5.74, 6) is -0.354. The first-order valence-corrected chi connectivity index (χ1v) is 6.23. The summed E-state index contributed by atoms with van der Waals surface area (Å²) in [6, 6.07) is 1.76. The number of hydrogen-bond acceptors (Lipinski definition) is 3. The van der Waals surface area contributed by atoms with Crippen molar-refractivity contribution in [3.8, 4) is 0 Å². The minimum Gasteiger partial charge on any atom is -0.462 e. The topological polar surface area (TPSA) is 55.0 Å². The van der Waals surface area contributed by atoms with Gasteiger partial charge in [0.2, 0.25) is 0 Å². The minimum absolute atomic E-state index is 0.340. The molecule has 0 aromatic carbocycles. The predicted octanol–water partition coefficient (Wildman–Crippen LogP) is 3.46. The number of aryl methyl sites for hydroxylation is 1. The zero-order valence-electron chi connectivity index (χ0n) is 9.30. The molecule has 0 fully saturated rings. The van der Waals surface area contributed by atoms with Crippen LogP contribution in [0.2, 0.25) is 5.15 Å². The van der Waals surface area contributed by atoms with Crippen molar-refractivity contribution in [1.29, 1.82) is 0 Å². The molecule has 4 nitrogen and oxygen atoms in total. The molecule has 0 bridgehead atoms. The number of hydrogen-bond donors (Lipinski definition) is 1. The van der Waals surface area contributed by atoms with Crippen LogP contribution in [0.3, 0.4) is 0 Å². The van der Waals surface area contributed by atoms with E-state index in [9.17, 15) is 4.79 Å². The first-order valence-electron chi connectivity index (χ1n) is 5.06. The number of halogens is 2. The molecule has 0 radical (unpaired) electrons. The molecule has 0 aliphatic carbocycles. The molecule has 0 saturated heterocycles. The minimum atomic E-state index is -0.354. The lowest BCUT2D eigenvalue weighted by Gasteiger charge is -2.01. The normalized spacial score (nSPS) is 10.8. The number of carbonyl (C=O) groups excluding carboxylic acids is 1. The van der Waals surface area contributed by atoms with E-state index in [4.69, 9.17) is 16.3 Å². The standard InChI is InChI=1S/C11H10BrClN2O2/c1-3-17-11(16)8-5(2)14-10-6(8)4-7(12)9(13)15-10/h4H,3H2,1-2H3,(H,14,15). The van der Waals surface area contributed by atoms with Crippen molar-refractivity contribution < 1.29 is 9.53 Å². The van der Waals surface area contributed by atoms with E-state index < -0.39 is 0 Å². The summed E-state index contributed by atoms with van der Waals surface area (Å²) >= 11 is 9.18. The largest absolute Gasteiger partial charge is 0.462 e. The van der Waals surface area contributed by atoms with Crippen LogP contribution in [0, 0.1) is 6.92 Å². The van der Waals surface area contributed by atoms with Gasteiger partial charge in [-0.05, 0) is 35.8 Å². The van der Waals surface area contributed by atoms with E-state index in [-0.39, 0.29) is 5.97 Å². The second kappa shape index (κ2) is 4.66. The number of H-pyrrole nitrogens is 1. The summed E-state index contributed by atoms with van der Waals surface area (Å²) in [7, 11) is 0. The molecule has 0 aliphatic heterocycles. The lowest BCUT2D eigenvalue weighted by molar-refractivity contribution is 0.0528. The average Bonchev–Trinajstić information content (AvgIpc) is 2.55. The number of esters is 1. The van der Waals surface area contributed by atoms with Gasteiger partial charge in [0, 0.05) is 11.1 Å². The molecule has 0 unspecified atom stereocenters. The molecule has 1 N–H and O–H groups in total. The number of fused-ring (bicyclic) bond motifs is 1. The van der Waals surface area contributed by atoms with Gasteiger partial charge in [-0.25, -0.2) is 9.78 Å². The number of ether oxygens (including phenoxy) is 1. The number of aromatic nitrogens is 2. The van der Waals surface area contributed by atoms with Gasteiger partial charge < -0.3 is 9.72 Å². The Balaban J connectivity index is 2.66. The van der Waals surface area contributed by atoms with Gasteiger partial charge in [-0.3, -0.25) is 0 Å². The third-order valence-electron chi connectivity index (χ3n) is 2.36. The molecule has 2 rings (SSSR count). The van der Waals surface area contributed by atoms with Crippen LogP contribution < -0.4 is 0 Å². The summed E-state index contributed by atoms with van der Waals surface area (Å²) in [6.07, 6.45) is 0. The fourth-order valence-electron chi connectivity index (χ4n) is 1.66. The van der Waals surface area contributed by atoms with E-state index in [1.54, 1.807) is 19.9 Å². The highest BCUT2D eigenvalue weighted by Gasteiger charge is 2.19. The van der Waals surface area contributed by atoms with Crippen LogP contribution >= 0.6 is 27.5 Å². The van der Waals surface area contributed by atoms with Crippen molar-refractivity contribution in [2.24, 2.45) is 0 Å². The van der Waals surface area contributed by atoms with Gasteiger partial charge in [0.1, 0.15) is 10.8 Å². The first-order chi connectivity index (χ1) is 8.04. The van der Waals surface area contributed by atoms with Crippen molar-refractivity contribution in [2.45, 2.75) is 13.8 Å². The monoisotopic (exact) mass is 316 g/mol. The Bertz CT molecular complexity index is 595. The fraction of sp³-hybridized carbons (Fsp3) is 0.273. The number of nitrogens with zero attached hydrogens (tertiary/aromatic N) is 1.